The highest BCUT2D eigenvalue weighted by molar-refractivity contribution is 6.30. The number of aromatic nitrogens is 4. The normalized spacial score (nSPS) is 16.2. The molecule has 5 rings (SSSR count). The predicted molar refractivity (Wildman–Crippen MR) is 130 cm³/mol. The minimum absolute atomic E-state index is 0.0559. The van der Waals surface area contributed by atoms with Crippen molar-refractivity contribution in [1.82, 2.24) is 25.1 Å². The molecular formula is C25H25ClN6O. The number of amides is 1. The molecule has 2 aromatic heterocycles. The van der Waals surface area contributed by atoms with Crippen molar-refractivity contribution in [3.63, 3.8) is 0 Å². The number of nitrogens with one attached hydrogen (secondary N) is 1. The van der Waals surface area contributed by atoms with Gasteiger partial charge < -0.3 is 10.2 Å². The summed E-state index contributed by atoms with van der Waals surface area (Å²) in [4.78, 5) is 24.0. The van der Waals surface area contributed by atoms with E-state index in [1.54, 1.807) is 6.33 Å². The Bertz CT molecular complexity index is 1290. The maximum atomic E-state index is 12.9. The van der Waals surface area contributed by atoms with Crippen LogP contribution in [0.4, 0.5) is 5.82 Å². The molecule has 0 spiro atoms. The van der Waals surface area contributed by atoms with E-state index < -0.39 is 0 Å². The third-order valence-corrected chi connectivity index (χ3v) is 6.28. The highest BCUT2D eigenvalue weighted by Gasteiger charge is 2.28. The number of halogens is 1. The molecule has 168 valence electrons. The van der Waals surface area contributed by atoms with Crippen molar-refractivity contribution < 1.29 is 4.79 Å². The zero-order valence-electron chi connectivity index (χ0n) is 18.4. The van der Waals surface area contributed by atoms with Crippen LogP contribution in [-0.4, -0.2) is 38.7 Å². The second-order valence-electron chi connectivity index (χ2n) is 8.48. The van der Waals surface area contributed by atoms with Gasteiger partial charge in [-0.05, 0) is 49.6 Å². The second-order valence-corrected chi connectivity index (χ2v) is 8.91. The van der Waals surface area contributed by atoms with Crippen LogP contribution < -0.4 is 10.2 Å². The smallest absolute Gasteiger partial charge is 0.225 e. The van der Waals surface area contributed by atoms with Crippen LogP contribution >= 0.6 is 11.6 Å². The van der Waals surface area contributed by atoms with E-state index in [-0.39, 0.29) is 11.8 Å². The van der Waals surface area contributed by atoms with Crippen molar-refractivity contribution in [3.8, 4) is 5.69 Å². The molecule has 0 radical (unpaired) electrons. The molecule has 0 aliphatic carbocycles. The largest absolute Gasteiger partial charge is 0.355 e. The summed E-state index contributed by atoms with van der Waals surface area (Å²) in [5.74, 6) is 0.779. The number of carbonyl (C=O) groups is 1. The van der Waals surface area contributed by atoms with Gasteiger partial charge in [-0.2, -0.15) is 0 Å². The monoisotopic (exact) mass is 460 g/mol. The number of piperidine rings is 1. The number of benzene rings is 2. The molecule has 7 nitrogen and oxygen atoms in total. The third kappa shape index (κ3) is 4.68. The van der Waals surface area contributed by atoms with Gasteiger partial charge in [0.05, 0.1) is 17.0 Å². The summed E-state index contributed by atoms with van der Waals surface area (Å²) in [7, 11) is 0. The first-order chi connectivity index (χ1) is 16.1. The van der Waals surface area contributed by atoms with Crippen LogP contribution in [0, 0.1) is 12.8 Å². The Morgan fingerprint density at radius 2 is 2.03 bits per heavy atom. The van der Waals surface area contributed by atoms with Crippen LogP contribution in [-0.2, 0) is 11.3 Å². The van der Waals surface area contributed by atoms with Crippen LogP contribution in [0.3, 0.4) is 0 Å². The topological polar surface area (TPSA) is 75.9 Å². The van der Waals surface area contributed by atoms with Crippen molar-refractivity contribution in [3.05, 3.63) is 77.2 Å². The Balaban J connectivity index is 1.33. The Morgan fingerprint density at radius 1 is 1.18 bits per heavy atom. The average molecular weight is 461 g/mol. The molecule has 1 aliphatic rings. The van der Waals surface area contributed by atoms with Gasteiger partial charge in [0.25, 0.3) is 0 Å². The molecule has 1 atom stereocenters. The van der Waals surface area contributed by atoms with E-state index in [2.05, 4.69) is 44.3 Å². The summed E-state index contributed by atoms with van der Waals surface area (Å²) in [6, 6.07) is 15.8. The van der Waals surface area contributed by atoms with E-state index in [4.69, 9.17) is 11.6 Å². The number of aryl methyl sites for hydroxylation is 1. The van der Waals surface area contributed by atoms with E-state index in [0.717, 1.165) is 41.8 Å². The van der Waals surface area contributed by atoms with Gasteiger partial charge in [-0.3, -0.25) is 4.79 Å². The van der Waals surface area contributed by atoms with Crippen LogP contribution in [0.2, 0.25) is 5.02 Å². The lowest BCUT2D eigenvalue weighted by atomic mass is 9.97. The first-order valence-corrected chi connectivity index (χ1v) is 11.5. The molecule has 1 amide bonds. The Hall–Kier alpha value is -3.45. The Kier molecular flexibility index (Phi) is 5.96. The van der Waals surface area contributed by atoms with Crippen molar-refractivity contribution in [2.24, 2.45) is 5.92 Å². The molecule has 33 heavy (non-hydrogen) atoms. The van der Waals surface area contributed by atoms with Gasteiger partial charge in [-0.15, -0.1) is 5.10 Å². The maximum Gasteiger partial charge on any atom is 0.225 e. The molecule has 0 unspecified atom stereocenters. The van der Waals surface area contributed by atoms with E-state index in [0.29, 0.717) is 23.8 Å². The molecule has 4 aromatic rings. The molecule has 1 fully saturated rings. The standard InChI is InChI=1S/C25H25ClN6O/c1-17-7-9-21(10-8-17)32-15-22-23(30-32)28-16-29-24(22)31-11-3-5-19(14-31)25(33)27-13-18-4-2-6-20(26)12-18/h2,4,6-10,12,15-16,19H,3,5,11,13-14H2,1H3,(H,27,33)/t19-/m0/s1. The van der Waals surface area contributed by atoms with Gasteiger partial charge in [-0.25, -0.2) is 14.6 Å². The van der Waals surface area contributed by atoms with Gasteiger partial charge >= 0.3 is 0 Å². The van der Waals surface area contributed by atoms with Gasteiger partial charge in [0.2, 0.25) is 5.91 Å². The van der Waals surface area contributed by atoms with E-state index in [1.807, 2.05) is 47.3 Å². The van der Waals surface area contributed by atoms with Crippen molar-refractivity contribution in [1.29, 1.82) is 0 Å². The van der Waals surface area contributed by atoms with E-state index in [1.165, 1.54) is 5.56 Å². The van der Waals surface area contributed by atoms with Gasteiger partial charge in [0.15, 0.2) is 5.65 Å². The second kappa shape index (κ2) is 9.19. The highest BCUT2D eigenvalue weighted by atomic mass is 35.5. The third-order valence-electron chi connectivity index (χ3n) is 6.04. The molecule has 0 bridgehead atoms. The zero-order chi connectivity index (χ0) is 22.8. The van der Waals surface area contributed by atoms with Crippen LogP contribution in [0.1, 0.15) is 24.0 Å². The average Bonchev–Trinajstić information content (AvgIpc) is 3.27. The summed E-state index contributed by atoms with van der Waals surface area (Å²) in [5.41, 5.74) is 3.81. The van der Waals surface area contributed by atoms with E-state index >= 15 is 0 Å². The Morgan fingerprint density at radius 3 is 2.85 bits per heavy atom. The molecule has 1 saturated heterocycles. The Labute approximate surface area is 197 Å². The molecule has 2 aromatic carbocycles. The summed E-state index contributed by atoms with van der Waals surface area (Å²) in [6.45, 7) is 3.99. The molecule has 3 heterocycles. The molecular weight excluding hydrogens is 436 g/mol. The summed E-state index contributed by atoms with van der Waals surface area (Å²) in [6.07, 6.45) is 5.30. The zero-order valence-corrected chi connectivity index (χ0v) is 19.2. The number of hydrogen-bond acceptors (Lipinski definition) is 5. The van der Waals surface area contributed by atoms with Crippen molar-refractivity contribution >= 4 is 34.4 Å². The number of fused-ring (bicyclic) bond motifs is 1. The van der Waals surface area contributed by atoms with Gasteiger partial charge in [0, 0.05) is 30.9 Å². The minimum atomic E-state index is -0.102. The lowest BCUT2D eigenvalue weighted by Gasteiger charge is -2.33. The van der Waals surface area contributed by atoms with Crippen molar-refractivity contribution in [2.75, 3.05) is 18.0 Å². The molecule has 1 N–H and O–H groups in total. The molecule has 1 aliphatic heterocycles. The van der Waals surface area contributed by atoms with Crippen LogP contribution in [0.15, 0.2) is 61.1 Å². The molecule has 8 heteroatoms. The lowest BCUT2D eigenvalue weighted by Crippen LogP contribution is -2.43. The van der Waals surface area contributed by atoms with Gasteiger partial charge in [-0.1, -0.05) is 41.4 Å². The van der Waals surface area contributed by atoms with Crippen LogP contribution in [0.25, 0.3) is 16.7 Å². The summed E-state index contributed by atoms with van der Waals surface area (Å²) in [5, 5.41) is 9.26. The summed E-state index contributed by atoms with van der Waals surface area (Å²) < 4.78 is 1.83. The highest BCUT2D eigenvalue weighted by Crippen LogP contribution is 2.28. The predicted octanol–water partition coefficient (Wildman–Crippen LogP) is 4.31. The maximum absolute atomic E-state index is 12.9. The van der Waals surface area contributed by atoms with Gasteiger partial charge in [0.1, 0.15) is 12.1 Å². The lowest BCUT2D eigenvalue weighted by molar-refractivity contribution is -0.125. The summed E-state index contributed by atoms with van der Waals surface area (Å²) >= 11 is 6.05. The number of rotatable bonds is 5. The fourth-order valence-corrected chi connectivity index (χ4v) is 4.48. The number of nitrogens with zero attached hydrogens (tertiary/aromatic N) is 5. The quantitative estimate of drug-likeness (QED) is 0.480. The first-order valence-electron chi connectivity index (χ1n) is 11.1. The van der Waals surface area contributed by atoms with Crippen molar-refractivity contribution in [2.45, 2.75) is 26.3 Å². The number of carbonyl (C=O) groups excluding carboxylic acids is 1. The number of hydrogen-bond donors (Lipinski definition) is 1. The SMILES string of the molecule is Cc1ccc(-n2cc3c(N4CCC[C@H](C(=O)NCc5cccc(Cl)c5)C4)ncnc3n2)cc1. The number of anilines is 1. The van der Waals surface area contributed by atoms with E-state index in [9.17, 15) is 4.79 Å². The fraction of sp³-hybridized carbons (Fsp3) is 0.280. The first kappa shape index (κ1) is 21.4. The fourth-order valence-electron chi connectivity index (χ4n) is 4.27. The molecule has 0 saturated carbocycles. The van der Waals surface area contributed by atoms with Crippen LogP contribution in [0.5, 0.6) is 0 Å². The minimum Gasteiger partial charge on any atom is -0.355 e.